The summed E-state index contributed by atoms with van der Waals surface area (Å²) >= 11 is 4.15. The number of hydrogen-bond donors (Lipinski definition) is 2. The summed E-state index contributed by atoms with van der Waals surface area (Å²) in [4.78, 5) is 29.7. The molecule has 0 aliphatic carbocycles. The van der Waals surface area contributed by atoms with Crippen LogP contribution in [0.15, 0.2) is 88.4 Å². The molecule has 2 amide bonds. The Hall–Kier alpha value is -3.74. The minimum atomic E-state index is -0.431. The topological polar surface area (TPSA) is 115 Å². The van der Waals surface area contributed by atoms with Crippen molar-refractivity contribution >= 4 is 68.3 Å². The van der Waals surface area contributed by atoms with Crippen molar-refractivity contribution in [2.24, 2.45) is 0 Å². The molecular weight excluding hydrogens is 527 g/mol. The number of nitrogens with one attached hydrogen (secondary N) is 2. The molecule has 12 heteroatoms. The molecule has 2 aromatic heterocycles. The van der Waals surface area contributed by atoms with Crippen LogP contribution in [0.25, 0.3) is 15.9 Å². The molecule has 1 atom stereocenters. The Morgan fingerprint density at radius 3 is 2.51 bits per heavy atom. The van der Waals surface area contributed by atoms with Crippen LogP contribution in [-0.4, -0.2) is 48.0 Å². The van der Waals surface area contributed by atoms with Gasteiger partial charge in [-0.25, -0.2) is 4.98 Å². The van der Waals surface area contributed by atoms with E-state index >= 15 is 0 Å². The molecule has 5 rings (SSSR count). The van der Waals surface area contributed by atoms with E-state index in [0.717, 1.165) is 25.9 Å². The lowest BCUT2D eigenvalue weighted by Crippen LogP contribution is -2.22. The Bertz CT molecular complexity index is 1520. The van der Waals surface area contributed by atoms with Crippen LogP contribution in [0.3, 0.4) is 0 Å². The second-order valence-corrected chi connectivity index (χ2v) is 11.4. The summed E-state index contributed by atoms with van der Waals surface area (Å²) in [6.45, 7) is 1.81. The summed E-state index contributed by atoms with van der Waals surface area (Å²) in [5, 5.41) is 17.8. The summed E-state index contributed by atoms with van der Waals surface area (Å²) in [5.41, 5.74) is 3.08. The van der Waals surface area contributed by atoms with Crippen molar-refractivity contribution in [3.8, 4) is 5.69 Å². The molecular formula is C25H21N7O2S3. The van der Waals surface area contributed by atoms with Crippen LogP contribution in [0.5, 0.6) is 0 Å². The first-order chi connectivity index (χ1) is 18.0. The van der Waals surface area contributed by atoms with Gasteiger partial charge in [-0.2, -0.15) is 4.68 Å². The number of thiazole rings is 1. The van der Waals surface area contributed by atoms with Crippen LogP contribution in [0.4, 0.5) is 11.4 Å². The van der Waals surface area contributed by atoms with Gasteiger partial charge in [0.15, 0.2) is 4.34 Å². The van der Waals surface area contributed by atoms with Crippen LogP contribution in [-0.2, 0) is 9.59 Å². The van der Waals surface area contributed by atoms with Crippen LogP contribution in [0.1, 0.15) is 6.92 Å². The molecule has 0 saturated heterocycles. The average Bonchev–Trinajstić information content (AvgIpc) is 3.55. The maximum Gasteiger partial charge on any atom is 0.237 e. The molecule has 2 heterocycles. The molecule has 1 unspecified atom stereocenters. The van der Waals surface area contributed by atoms with Gasteiger partial charge in [-0.3, -0.25) is 9.59 Å². The molecule has 9 nitrogen and oxygen atoms in total. The number of rotatable bonds is 9. The molecule has 186 valence electrons. The first-order valence-corrected chi connectivity index (χ1v) is 13.9. The van der Waals surface area contributed by atoms with E-state index < -0.39 is 5.25 Å². The van der Waals surface area contributed by atoms with Gasteiger partial charge < -0.3 is 10.6 Å². The van der Waals surface area contributed by atoms with Crippen molar-refractivity contribution in [2.75, 3.05) is 16.4 Å². The molecule has 0 fully saturated rings. The Balaban J connectivity index is 1.18. The Morgan fingerprint density at radius 2 is 1.73 bits per heavy atom. The molecule has 37 heavy (non-hydrogen) atoms. The van der Waals surface area contributed by atoms with E-state index in [9.17, 15) is 9.59 Å². The van der Waals surface area contributed by atoms with Gasteiger partial charge in [0.05, 0.1) is 26.9 Å². The normalized spacial score (nSPS) is 11.8. The zero-order valence-corrected chi connectivity index (χ0v) is 22.0. The zero-order chi connectivity index (χ0) is 25.6. The Kier molecular flexibility index (Phi) is 7.78. The number of fused-ring (bicyclic) bond motifs is 1. The smallest absolute Gasteiger partial charge is 0.237 e. The van der Waals surface area contributed by atoms with Gasteiger partial charge >= 0.3 is 0 Å². The first kappa shape index (κ1) is 24.9. The average molecular weight is 548 g/mol. The molecule has 0 aliphatic rings. The molecule has 5 aromatic rings. The lowest BCUT2D eigenvalue weighted by molar-refractivity contribution is -0.115. The van der Waals surface area contributed by atoms with Gasteiger partial charge in [-0.1, -0.05) is 59.9 Å². The van der Waals surface area contributed by atoms with E-state index in [-0.39, 0.29) is 17.6 Å². The molecule has 3 aromatic carbocycles. The summed E-state index contributed by atoms with van der Waals surface area (Å²) in [5.74, 6) is 0.00651. The Morgan fingerprint density at radius 1 is 0.973 bits per heavy atom. The van der Waals surface area contributed by atoms with Crippen molar-refractivity contribution in [3.63, 3.8) is 0 Å². The summed E-state index contributed by atoms with van der Waals surface area (Å²) in [7, 11) is 0. The predicted molar refractivity (Wildman–Crippen MR) is 149 cm³/mol. The maximum absolute atomic E-state index is 12.9. The molecule has 0 radical (unpaired) electrons. The largest absolute Gasteiger partial charge is 0.325 e. The van der Waals surface area contributed by atoms with E-state index in [4.69, 9.17) is 0 Å². The van der Waals surface area contributed by atoms with Crippen LogP contribution in [0, 0.1) is 0 Å². The number of nitrogens with zero attached hydrogens (tertiary/aromatic N) is 5. The van der Waals surface area contributed by atoms with Gasteiger partial charge in [-0.15, -0.1) is 16.4 Å². The third-order valence-corrected chi connectivity index (χ3v) is 8.31. The minimum absolute atomic E-state index is 0.0896. The minimum Gasteiger partial charge on any atom is -0.325 e. The number of tetrazole rings is 1. The number of thioether (sulfide) groups is 2. The van der Waals surface area contributed by atoms with Gasteiger partial charge in [-0.05, 0) is 59.8 Å². The van der Waals surface area contributed by atoms with Crippen LogP contribution in [0.2, 0.25) is 0 Å². The molecule has 0 aliphatic heterocycles. The lowest BCUT2D eigenvalue weighted by atomic mass is 10.3. The number of carbonyl (C=O) groups is 2. The van der Waals surface area contributed by atoms with Crippen molar-refractivity contribution in [1.29, 1.82) is 0 Å². The van der Waals surface area contributed by atoms with Crippen molar-refractivity contribution in [2.45, 2.75) is 21.7 Å². The van der Waals surface area contributed by atoms with Gasteiger partial charge in [0.25, 0.3) is 0 Å². The second-order valence-electron chi connectivity index (χ2n) is 7.82. The number of anilines is 2. The molecule has 2 N–H and O–H groups in total. The summed E-state index contributed by atoms with van der Waals surface area (Å²) in [6, 6.07) is 24.5. The van der Waals surface area contributed by atoms with E-state index in [1.54, 1.807) is 4.68 Å². The standard InChI is InChI=1S/C25H21N7O2S3/c1-16(36-24-29-30-31-32(24)19-10-6-3-7-11-19)23(34)27-18-12-13-20-21(14-18)37-25(28-20)35-15-22(33)26-17-8-4-2-5-9-17/h2-14,16H,15H2,1H3,(H,26,33)(H,27,34). The summed E-state index contributed by atoms with van der Waals surface area (Å²) in [6.07, 6.45) is 0. The van der Waals surface area contributed by atoms with Gasteiger partial charge in [0.1, 0.15) is 0 Å². The van der Waals surface area contributed by atoms with E-state index in [2.05, 4.69) is 31.1 Å². The Labute approximate surface area is 225 Å². The fraction of sp³-hybridized carbons (Fsp3) is 0.120. The van der Waals surface area contributed by atoms with Crippen LogP contribution >= 0.6 is 34.9 Å². The fourth-order valence-corrected chi connectivity index (χ4v) is 6.04. The van der Waals surface area contributed by atoms with Gasteiger partial charge in [0, 0.05) is 11.4 Å². The molecule has 0 spiro atoms. The molecule has 0 bridgehead atoms. The number of para-hydroxylation sites is 2. The fourth-order valence-electron chi connectivity index (χ4n) is 3.33. The van der Waals surface area contributed by atoms with Gasteiger partial charge in [0.2, 0.25) is 17.0 Å². The monoisotopic (exact) mass is 547 g/mol. The van der Waals surface area contributed by atoms with Crippen molar-refractivity contribution in [3.05, 3.63) is 78.9 Å². The number of carbonyl (C=O) groups excluding carboxylic acids is 2. The highest BCUT2D eigenvalue weighted by molar-refractivity contribution is 8.01. The number of amides is 2. The third-order valence-electron chi connectivity index (χ3n) is 5.11. The molecule has 0 saturated carbocycles. The lowest BCUT2D eigenvalue weighted by Gasteiger charge is -2.11. The first-order valence-electron chi connectivity index (χ1n) is 11.2. The zero-order valence-electron chi connectivity index (χ0n) is 19.6. The SMILES string of the molecule is CC(Sc1nnnn1-c1ccccc1)C(=O)Nc1ccc2nc(SCC(=O)Nc3ccccc3)sc2c1. The third kappa shape index (κ3) is 6.34. The number of benzene rings is 3. The number of aromatic nitrogens is 5. The number of hydrogen-bond acceptors (Lipinski definition) is 9. The van der Waals surface area contributed by atoms with Crippen molar-refractivity contribution < 1.29 is 9.59 Å². The van der Waals surface area contributed by atoms with E-state index in [0.29, 0.717) is 10.8 Å². The highest BCUT2D eigenvalue weighted by Gasteiger charge is 2.20. The van der Waals surface area contributed by atoms with Crippen LogP contribution < -0.4 is 10.6 Å². The van der Waals surface area contributed by atoms with E-state index in [1.165, 1.54) is 34.9 Å². The quantitative estimate of drug-likeness (QED) is 0.244. The summed E-state index contributed by atoms with van der Waals surface area (Å²) < 4.78 is 3.33. The second kappa shape index (κ2) is 11.5. The van der Waals surface area contributed by atoms with E-state index in [1.807, 2.05) is 85.8 Å². The highest BCUT2D eigenvalue weighted by atomic mass is 32.2. The maximum atomic E-state index is 12.9. The highest BCUT2D eigenvalue weighted by Crippen LogP contribution is 2.32. The predicted octanol–water partition coefficient (Wildman–Crippen LogP) is 5.12. The van der Waals surface area contributed by atoms with Crippen molar-refractivity contribution in [1.82, 2.24) is 25.2 Å².